The summed E-state index contributed by atoms with van der Waals surface area (Å²) in [4.78, 5) is 26.8. The largest absolute Gasteiger partial charge is 0.479 e. The van der Waals surface area contributed by atoms with Crippen LogP contribution >= 0.6 is 0 Å². The Morgan fingerprint density at radius 1 is 0.561 bits per heavy atom. The van der Waals surface area contributed by atoms with E-state index in [2.05, 4.69) is 40.1 Å². The molecule has 0 amide bonds. The van der Waals surface area contributed by atoms with Crippen LogP contribution in [0.2, 0.25) is 0 Å². The van der Waals surface area contributed by atoms with Gasteiger partial charge in [0.15, 0.2) is 11.6 Å². The van der Waals surface area contributed by atoms with Crippen molar-refractivity contribution in [3.8, 4) is 23.1 Å². The van der Waals surface area contributed by atoms with Gasteiger partial charge in [0.05, 0.1) is 49.6 Å². The van der Waals surface area contributed by atoms with Crippen LogP contribution in [0.1, 0.15) is 94.7 Å². The molecule has 2 aromatic carbocycles. The normalized spacial score (nSPS) is 15.7. The summed E-state index contributed by atoms with van der Waals surface area (Å²) in [5.41, 5.74) is 5.34. The molecule has 0 aliphatic carbocycles. The molecule has 66 heavy (non-hydrogen) atoms. The molecule has 0 saturated heterocycles. The van der Waals surface area contributed by atoms with Crippen LogP contribution in [0.25, 0.3) is 35.7 Å². The number of fused-ring (bicyclic) bond motifs is 2. The van der Waals surface area contributed by atoms with Crippen LogP contribution in [0.5, 0.6) is 11.8 Å². The third kappa shape index (κ3) is 9.25. The van der Waals surface area contributed by atoms with Crippen LogP contribution in [-0.2, 0) is 13.1 Å². The minimum atomic E-state index is -0.461. The molecule has 8 aromatic rings. The molecule has 6 aromatic heterocycles. The van der Waals surface area contributed by atoms with Gasteiger partial charge in [-0.15, -0.1) is 0 Å². The second kappa shape index (κ2) is 18.8. The van der Waals surface area contributed by atoms with E-state index in [0.29, 0.717) is 83.5 Å². The zero-order valence-electron chi connectivity index (χ0n) is 36.5. The first kappa shape index (κ1) is 43.5. The minimum absolute atomic E-state index is 0.315. The van der Waals surface area contributed by atoms with Crippen molar-refractivity contribution in [2.24, 2.45) is 0 Å². The summed E-state index contributed by atoms with van der Waals surface area (Å²) in [5.74, 6) is 0.743. The predicted molar refractivity (Wildman–Crippen MR) is 238 cm³/mol. The van der Waals surface area contributed by atoms with E-state index in [4.69, 9.17) is 9.47 Å². The molecule has 0 N–H and O–H groups in total. The highest BCUT2D eigenvalue weighted by molar-refractivity contribution is 5.67. The highest BCUT2D eigenvalue weighted by Crippen LogP contribution is 2.36. The molecule has 0 unspecified atom stereocenters. The number of methoxy groups -OCH3 is 2. The average molecular weight is 897 g/mol. The van der Waals surface area contributed by atoms with Gasteiger partial charge in [-0.2, -0.15) is 10.2 Å². The van der Waals surface area contributed by atoms with Gasteiger partial charge in [0, 0.05) is 48.4 Å². The molecule has 2 atom stereocenters. The number of nitrogens with zero attached hydrogens (tertiary/aromatic N) is 12. The number of rotatable bonds is 10. The van der Waals surface area contributed by atoms with Crippen molar-refractivity contribution in [2.45, 2.75) is 64.5 Å². The number of aromatic nitrogens is 12. The van der Waals surface area contributed by atoms with Crippen molar-refractivity contribution in [1.82, 2.24) is 58.6 Å². The Bertz CT molecular complexity index is 2890. The Hall–Kier alpha value is -7.76. The molecule has 2 aliphatic rings. The van der Waals surface area contributed by atoms with Crippen molar-refractivity contribution >= 4 is 24.3 Å². The average Bonchev–Trinajstić information content (AvgIpc) is 4.16. The molecule has 0 spiro atoms. The van der Waals surface area contributed by atoms with E-state index >= 15 is 0 Å². The third-order valence-corrected chi connectivity index (χ3v) is 11.3. The topological polar surface area (TPSA) is 141 Å². The predicted octanol–water partition coefficient (Wildman–Crippen LogP) is 9.10. The monoisotopic (exact) mass is 896 g/mol. The molecule has 8 heterocycles. The molecular formula is C48H44F4N12O2. The minimum Gasteiger partial charge on any atom is -0.479 e. The molecule has 0 saturated carbocycles. The molecule has 14 nitrogen and oxygen atoms in total. The van der Waals surface area contributed by atoms with Gasteiger partial charge in [-0.3, -0.25) is 0 Å². The van der Waals surface area contributed by atoms with Crippen molar-refractivity contribution < 1.29 is 27.0 Å². The molecule has 10 rings (SSSR count). The van der Waals surface area contributed by atoms with Crippen molar-refractivity contribution in [1.29, 1.82) is 0 Å². The summed E-state index contributed by atoms with van der Waals surface area (Å²) in [5, 5.41) is 9.07. The van der Waals surface area contributed by atoms with Gasteiger partial charge in [0.1, 0.15) is 46.3 Å². The summed E-state index contributed by atoms with van der Waals surface area (Å²) < 4.78 is 74.4. The Kier molecular flexibility index (Phi) is 12.4. The highest BCUT2D eigenvalue weighted by atomic mass is 19.1. The first-order valence-electron chi connectivity index (χ1n) is 21.3. The van der Waals surface area contributed by atoms with E-state index in [1.54, 1.807) is 60.5 Å². The lowest BCUT2D eigenvalue weighted by Crippen LogP contribution is -2.19. The standard InChI is InChI=1S/2C24H22F2N6O/c2*1-15-13-31(14-27-15)21-9-6-17(28-24(21)33-2)7-10-22-29-23-18(4-3-11-32(23)30-22)19-12-16(25)5-8-20(19)26/h2*5-10,12-14,18H,3-4,11H2,1-2H3/b2*10-7+/t2*18-/m10/s1. The second-order valence-corrected chi connectivity index (χ2v) is 15.9. The van der Waals surface area contributed by atoms with E-state index < -0.39 is 23.3 Å². The SMILES string of the molecule is COc1nc(/C=C/c2nc3n(n2)CCC[C@@H]3c2cc(F)ccc2F)ccc1-n1cnc(C)c1.COc1nc(/C=C/c2nc3n(n2)CCC[C@H]3c2cc(F)ccc2F)ccc1-n1cnc(C)c1. The summed E-state index contributed by atoms with van der Waals surface area (Å²) in [6.45, 7) is 5.21. The van der Waals surface area contributed by atoms with Gasteiger partial charge in [-0.25, -0.2) is 56.8 Å². The third-order valence-electron chi connectivity index (χ3n) is 11.3. The maximum Gasteiger partial charge on any atom is 0.238 e. The van der Waals surface area contributed by atoms with Crippen LogP contribution in [0.15, 0.2) is 85.7 Å². The molecule has 2 aliphatic heterocycles. The van der Waals surface area contributed by atoms with Crippen LogP contribution in [-0.4, -0.2) is 72.8 Å². The maximum absolute atomic E-state index is 14.4. The fourth-order valence-electron chi connectivity index (χ4n) is 8.23. The van der Waals surface area contributed by atoms with Crippen molar-refractivity contribution in [3.63, 3.8) is 0 Å². The number of benzene rings is 2. The molecule has 0 bridgehead atoms. The van der Waals surface area contributed by atoms with Gasteiger partial charge in [-0.05, 0) is 124 Å². The summed E-state index contributed by atoms with van der Waals surface area (Å²) in [6, 6.07) is 14.6. The van der Waals surface area contributed by atoms with Crippen molar-refractivity contribution in [3.05, 3.63) is 166 Å². The number of aryl methyl sites for hydroxylation is 4. The van der Waals surface area contributed by atoms with Crippen LogP contribution in [0, 0.1) is 37.1 Å². The van der Waals surface area contributed by atoms with Crippen molar-refractivity contribution in [2.75, 3.05) is 14.2 Å². The first-order chi connectivity index (χ1) is 32.0. The van der Waals surface area contributed by atoms with Crippen LogP contribution in [0.4, 0.5) is 17.6 Å². The second-order valence-electron chi connectivity index (χ2n) is 15.9. The summed E-state index contributed by atoms with van der Waals surface area (Å²) >= 11 is 0. The van der Waals surface area contributed by atoms with Crippen LogP contribution < -0.4 is 9.47 Å². The van der Waals surface area contributed by atoms with Gasteiger partial charge >= 0.3 is 0 Å². The highest BCUT2D eigenvalue weighted by Gasteiger charge is 2.29. The Balaban J connectivity index is 0.000000166. The molecule has 18 heteroatoms. The quantitative estimate of drug-likeness (QED) is 0.122. The Morgan fingerprint density at radius 2 is 1.00 bits per heavy atom. The number of ether oxygens (including phenoxy) is 2. The molecule has 0 radical (unpaired) electrons. The van der Waals surface area contributed by atoms with E-state index in [9.17, 15) is 17.6 Å². The molecule has 336 valence electrons. The van der Waals surface area contributed by atoms with Gasteiger partial charge < -0.3 is 18.6 Å². The number of hydrogen-bond donors (Lipinski definition) is 0. The Morgan fingerprint density at radius 3 is 1.39 bits per heavy atom. The number of imidazole rings is 2. The Labute approximate surface area is 377 Å². The zero-order valence-corrected chi connectivity index (χ0v) is 36.5. The van der Waals surface area contributed by atoms with Gasteiger partial charge in [0.2, 0.25) is 11.8 Å². The lowest BCUT2D eigenvalue weighted by molar-refractivity contribution is 0.395. The van der Waals surface area contributed by atoms with E-state index in [1.807, 2.05) is 59.6 Å². The van der Waals surface area contributed by atoms with E-state index in [1.165, 1.54) is 12.1 Å². The van der Waals surface area contributed by atoms with Crippen LogP contribution in [0.3, 0.4) is 0 Å². The number of halogens is 4. The molecular weight excluding hydrogens is 853 g/mol. The lowest BCUT2D eigenvalue weighted by atomic mass is 9.91. The fraction of sp³-hybridized carbons (Fsp3) is 0.250. The first-order valence-corrected chi connectivity index (χ1v) is 21.3. The smallest absolute Gasteiger partial charge is 0.238 e. The van der Waals surface area contributed by atoms with E-state index in [0.717, 1.165) is 59.9 Å². The number of hydrogen-bond acceptors (Lipinski definition) is 10. The van der Waals surface area contributed by atoms with Gasteiger partial charge in [0.25, 0.3) is 0 Å². The zero-order chi connectivity index (χ0) is 45.9. The van der Waals surface area contributed by atoms with Gasteiger partial charge in [-0.1, -0.05) is 0 Å². The summed E-state index contributed by atoms with van der Waals surface area (Å²) in [7, 11) is 3.14. The van der Waals surface area contributed by atoms with E-state index in [-0.39, 0.29) is 11.8 Å². The fourth-order valence-corrected chi connectivity index (χ4v) is 8.23. The summed E-state index contributed by atoms with van der Waals surface area (Å²) in [6.07, 6.45) is 17.3. The molecule has 0 fully saturated rings. The maximum atomic E-state index is 14.4. The number of pyridine rings is 2. The lowest BCUT2D eigenvalue weighted by Gasteiger charge is -2.22.